The number of rotatable bonds is 19. The van der Waals surface area contributed by atoms with Gasteiger partial charge in [-0.25, -0.2) is 0 Å². The van der Waals surface area contributed by atoms with Crippen molar-refractivity contribution in [2.24, 2.45) is 0 Å². The van der Waals surface area contributed by atoms with Crippen molar-refractivity contribution in [3.63, 3.8) is 0 Å². The van der Waals surface area contributed by atoms with Gasteiger partial charge in [-0.3, -0.25) is 4.79 Å². The molecule has 0 radical (unpaired) electrons. The molecule has 290 valence electrons. The van der Waals surface area contributed by atoms with E-state index in [1.165, 1.54) is 27.8 Å². The zero-order valence-corrected chi connectivity index (χ0v) is 34.1. The van der Waals surface area contributed by atoms with Crippen molar-refractivity contribution in [1.82, 2.24) is 5.32 Å². The van der Waals surface area contributed by atoms with E-state index >= 15 is 0 Å². The number of nitrogens with one attached hydrogen (secondary N) is 1. The summed E-state index contributed by atoms with van der Waals surface area (Å²) in [5.41, 5.74) is 9.17. The second kappa shape index (κ2) is 20.2. The van der Waals surface area contributed by atoms with E-state index in [1.807, 2.05) is 36.4 Å². The standard InChI is InChI=1S/C50H62N2O3/c1-49(2,3)43-32-40(33-44(34-43)50(4,5)6)35-51-30-14-13-21-48(53)52-31-15-20-47(41-22-26-45(27-23-41)54-36-38-16-9-7-10-17-38)42-24-28-46(29-25-42)55-37-39-18-11-8-12-19-39/h7-12,16-19,22-29,32-34,47,51H,13-15,20-21,30-31,35-37H2,1-6H3,(H,52,53)/p+1. The zero-order chi connectivity index (χ0) is 39.1. The van der Waals surface area contributed by atoms with Gasteiger partial charge in [-0.15, -0.1) is 0 Å². The normalized spacial score (nSPS) is 11.8. The molecule has 0 fully saturated rings. The number of carbonyl (C=O) groups excluding carboxylic acids is 1. The molecule has 0 spiro atoms. The lowest BCUT2D eigenvalue weighted by Crippen LogP contribution is -2.82. The summed E-state index contributed by atoms with van der Waals surface area (Å²) >= 11 is 0. The summed E-state index contributed by atoms with van der Waals surface area (Å²) in [5.74, 6) is 2.03. The molecule has 5 rings (SSSR count). The Balaban J connectivity index is 1.09. The monoisotopic (exact) mass is 739 g/mol. The largest absolute Gasteiger partial charge is 0.489 e. The Morgan fingerprint density at radius 2 is 1.09 bits per heavy atom. The van der Waals surface area contributed by atoms with Crippen LogP contribution in [0.3, 0.4) is 0 Å². The predicted octanol–water partition coefficient (Wildman–Crippen LogP) is 10.4. The third-order valence-corrected chi connectivity index (χ3v) is 10.2. The summed E-state index contributed by atoms with van der Waals surface area (Å²) in [4.78, 5) is 12.8. The van der Waals surface area contributed by atoms with Crippen LogP contribution in [0.4, 0.5) is 0 Å². The van der Waals surface area contributed by atoms with E-state index in [0.29, 0.717) is 26.2 Å². The summed E-state index contributed by atoms with van der Waals surface area (Å²) < 4.78 is 12.1. The SMILES string of the molecule is CC(C)(C)c1cc(C[NH2+]CCCCC(=O)NCCCC(c2ccc(OCc3ccccc3)cc2)c2ccc(OCc3ccccc3)cc2)cc(C(C)(C)C)c1. The van der Waals surface area contributed by atoms with Gasteiger partial charge in [-0.1, -0.05) is 133 Å². The number of carbonyl (C=O) groups is 1. The molecule has 0 saturated carbocycles. The van der Waals surface area contributed by atoms with Crippen LogP contribution in [-0.4, -0.2) is 19.0 Å². The van der Waals surface area contributed by atoms with E-state index < -0.39 is 0 Å². The van der Waals surface area contributed by atoms with Gasteiger partial charge in [0.05, 0.1) is 6.54 Å². The molecule has 1 amide bonds. The van der Waals surface area contributed by atoms with Crippen molar-refractivity contribution in [1.29, 1.82) is 0 Å². The fourth-order valence-corrected chi connectivity index (χ4v) is 6.74. The van der Waals surface area contributed by atoms with E-state index in [4.69, 9.17) is 9.47 Å². The number of ether oxygens (including phenoxy) is 2. The van der Waals surface area contributed by atoms with Crippen molar-refractivity contribution in [3.05, 3.63) is 166 Å². The first-order valence-corrected chi connectivity index (χ1v) is 20.2. The average molecular weight is 740 g/mol. The Labute approximate surface area is 330 Å². The number of quaternary nitrogens is 1. The molecule has 0 heterocycles. The molecule has 0 bridgehead atoms. The van der Waals surface area contributed by atoms with Gasteiger partial charge >= 0.3 is 0 Å². The molecule has 0 saturated heterocycles. The molecule has 5 heteroatoms. The van der Waals surface area contributed by atoms with Gasteiger partial charge in [0.1, 0.15) is 31.3 Å². The molecular formula is C50H63N2O3+. The third-order valence-electron chi connectivity index (χ3n) is 10.2. The summed E-state index contributed by atoms with van der Waals surface area (Å²) in [6.45, 7) is 17.5. The lowest BCUT2D eigenvalue weighted by atomic mass is 9.79. The second-order valence-electron chi connectivity index (χ2n) is 16.9. The van der Waals surface area contributed by atoms with Crippen LogP contribution in [0.15, 0.2) is 127 Å². The van der Waals surface area contributed by atoms with Crippen molar-refractivity contribution in [3.8, 4) is 11.5 Å². The molecule has 3 N–H and O–H groups in total. The minimum atomic E-state index is 0.123. The van der Waals surface area contributed by atoms with E-state index in [9.17, 15) is 4.79 Å². The van der Waals surface area contributed by atoms with Crippen molar-refractivity contribution in [2.75, 3.05) is 13.1 Å². The Bertz CT molecular complexity index is 1750. The summed E-state index contributed by atoms with van der Waals surface area (Å²) in [7, 11) is 0. The van der Waals surface area contributed by atoms with Gasteiger partial charge in [0, 0.05) is 24.4 Å². The van der Waals surface area contributed by atoms with Crippen LogP contribution in [0.25, 0.3) is 0 Å². The molecule has 0 aliphatic rings. The molecule has 0 unspecified atom stereocenters. The fraction of sp³-hybridized carbons (Fsp3) is 0.380. The minimum Gasteiger partial charge on any atom is -0.489 e. The number of hydrogen-bond donors (Lipinski definition) is 2. The smallest absolute Gasteiger partial charge is 0.219 e. The minimum absolute atomic E-state index is 0.123. The maximum absolute atomic E-state index is 12.8. The van der Waals surface area contributed by atoms with Crippen LogP contribution in [0.5, 0.6) is 11.5 Å². The van der Waals surface area contributed by atoms with Crippen LogP contribution in [0.1, 0.15) is 119 Å². The summed E-state index contributed by atoms with van der Waals surface area (Å²) in [5, 5.41) is 5.58. The van der Waals surface area contributed by atoms with E-state index in [0.717, 1.165) is 61.4 Å². The van der Waals surface area contributed by atoms with Gasteiger partial charge in [0.2, 0.25) is 5.91 Å². The molecule has 0 aliphatic heterocycles. The lowest BCUT2D eigenvalue weighted by Gasteiger charge is -2.26. The summed E-state index contributed by atoms with van der Waals surface area (Å²) in [6, 6.07) is 44.5. The van der Waals surface area contributed by atoms with Crippen LogP contribution < -0.4 is 20.1 Å². The van der Waals surface area contributed by atoms with Gasteiger partial charge in [-0.2, -0.15) is 0 Å². The number of unbranched alkanes of at least 4 members (excludes halogenated alkanes) is 1. The van der Waals surface area contributed by atoms with Crippen LogP contribution in [-0.2, 0) is 35.4 Å². The van der Waals surface area contributed by atoms with Crippen molar-refractivity contribution in [2.45, 2.75) is 110 Å². The Morgan fingerprint density at radius 1 is 0.600 bits per heavy atom. The fourth-order valence-electron chi connectivity index (χ4n) is 6.74. The molecule has 0 aromatic heterocycles. The highest BCUT2D eigenvalue weighted by Crippen LogP contribution is 2.33. The molecule has 5 aromatic rings. The van der Waals surface area contributed by atoms with E-state index in [1.54, 1.807) is 0 Å². The number of benzene rings is 5. The molecule has 0 atom stereocenters. The Hall–Kier alpha value is -4.87. The maximum Gasteiger partial charge on any atom is 0.219 e. The highest BCUT2D eigenvalue weighted by atomic mass is 16.5. The highest BCUT2D eigenvalue weighted by molar-refractivity contribution is 5.75. The number of hydrogen-bond acceptors (Lipinski definition) is 3. The molecule has 55 heavy (non-hydrogen) atoms. The van der Waals surface area contributed by atoms with Gasteiger partial charge in [0.15, 0.2) is 0 Å². The average Bonchev–Trinajstić information content (AvgIpc) is 3.18. The number of nitrogens with two attached hydrogens (primary N) is 1. The molecule has 5 aromatic carbocycles. The van der Waals surface area contributed by atoms with Gasteiger partial charge in [-0.05, 0) is 106 Å². The molecule has 5 nitrogen and oxygen atoms in total. The van der Waals surface area contributed by atoms with Crippen LogP contribution >= 0.6 is 0 Å². The first kappa shape index (κ1) is 41.3. The third kappa shape index (κ3) is 13.7. The first-order valence-electron chi connectivity index (χ1n) is 20.2. The van der Waals surface area contributed by atoms with Crippen LogP contribution in [0.2, 0.25) is 0 Å². The topological polar surface area (TPSA) is 64.2 Å². The van der Waals surface area contributed by atoms with Gasteiger partial charge < -0.3 is 20.1 Å². The van der Waals surface area contributed by atoms with E-state index in [2.05, 4.69) is 143 Å². The lowest BCUT2D eigenvalue weighted by molar-refractivity contribution is -0.670. The summed E-state index contributed by atoms with van der Waals surface area (Å²) in [6.07, 6.45) is 4.29. The molecular weight excluding hydrogens is 677 g/mol. The first-order chi connectivity index (χ1) is 26.4. The van der Waals surface area contributed by atoms with E-state index in [-0.39, 0.29) is 22.7 Å². The molecule has 0 aliphatic carbocycles. The quantitative estimate of drug-likeness (QED) is 0.0829. The van der Waals surface area contributed by atoms with Crippen LogP contribution in [0, 0.1) is 0 Å². The van der Waals surface area contributed by atoms with Crippen molar-refractivity contribution < 1.29 is 19.6 Å². The highest BCUT2D eigenvalue weighted by Gasteiger charge is 2.21. The zero-order valence-electron chi connectivity index (χ0n) is 34.1. The predicted molar refractivity (Wildman–Crippen MR) is 227 cm³/mol. The second-order valence-corrected chi connectivity index (χ2v) is 16.9. The number of amides is 1. The van der Waals surface area contributed by atoms with Gasteiger partial charge in [0.25, 0.3) is 0 Å². The Morgan fingerprint density at radius 3 is 1.56 bits per heavy atom. The maximum atomic E-state index is 12.8. The van der Waals surface area contributed by atoms with Crippen molar-refractivity contribution >= 4 is 5.91 Å². The Kier molecular flexibility index (Phi) is 15.1.